The van der Waals surface area contributed by atoms with Crippen LogP contribution < -0.4 is 5.32 Å². The molecule has 1 amide bonds. The minimum atomic E-state index is -0.592. The van der Waals surface area contributed by atoms with E-state index in [2.05, 4.69) is 16.9 Å². The molecular formula is C13H20N2O4S. The maximum absolute atomic E-state index is 11.6. The second-order valence-electron chi connectivity index (χ2n) is 5.12. The zero-order valence-electron chi connectivity index (χ0n) is 12.2. The number of hydrogen-bond donors (Lipinski definition) is 1. The lowest BCUT2D eigenvalue weighted by molar-refractivity contribution is -0.143. The minimum absolute atomic E-state index is 0.321. The molecule has 1 aliphatic rings. The van der Waals surface area contributed by atoms with Gasteiger partial charge in [0.2, 0.25) is 0 Å². The molecule has 0 bridgehead atoms. The monoisotopic (exact) mass is 300 g/mol. The van der Waals surface area contributed by atoms with Crippen LogP contribution in [0, 0.1) is 0 Å². The van der Waals surface area contributed by atoms with Gasteiger partial charge in [-0.3, -0.25) is 10.3 Å². The van der Waals surface area contributed by atoms with Crippen LogP contribution >= 0.6 is 11.8 Å². The van der Waals surface area contributed by atoms with Crippen molar-refractivity contribution in [3.05, 3.63) is 12.3 Å². The molecule has 1 unspecified atom stereocenters. The van der Waals surface area contributed by atoms with E-state index in [1.54, 1.807) is 27.7 Å². The summed E-state index contributed by atoms with van der Waals surface area (Å²) in [6, 6.07) is -0.535. The number of thioether (sulfide) groups is 1. The Labute approximate surface area is 123 Å². The van der Waals surface area contributed by atoms with Crippen molar-refractivity contribution >= 4 is 28.9 Å². The Morgan fingerprint density at radius 2 is 2.15 bits per heavy atom. The fourth-order valence-electron chi connectivity index (χ4n) is 1.38. The summed E-state index contributed by atoms with van der Waals surface area (Å²) >= 11 is 1.35. The second-order valence-corrected chi connectivity index (χ2v) is 6.13. The quantitative estimate of drug-likeness (QED) is 0.805. The smallest absolute Gasteiger partial charge is 0.412 e. The van der Waals surface area contributed by atoms with Crippen LogP contribution in [0.4, 0.5) is 4.79 Å². The van der Waals surface area contributed by atoms with Gasteiger partial charge in [-0.2, -0.15) is 0 Å². The minimum Gasteiger partial charge on any atom is -0.464 e. The lowest BCUT2D eigenvalue weighted by atomic mass is 10.2. The van der Waals surface area contributed by atoms with Crippen LogP contribution in [0.2, 0.25) is 0 Å². The Morgan fingerprint density at radius 3 is 2.70 bits per heavy atom. The number of nitrogens with zero attached hydrogens (tertiary/aromatic N) is 1. The average Bonchev–Trinajstić information content (AvgIpc) is 2.75. The van der Waals surface area contributed by atoms with Gasteiger partial charge in [0.05, 0.1) is 12.3 Å². The van der Waals surface area contributed by atoms with E-state index < -0.39 is 17.7 Å². The van der Waals surface area contributed by atoms with Crippen molar-refractivity contribution < 1.29 is 19.1 Å². The Hall–Kier alpha value is -1.50. The molecule has 1 heterocycles. The predicted molar refractivity (Wildman–Crippen MR) is 78.8 cm³/mol. The van der Waals surface area contributed by atoms with Crippen LogP contribution in [0.1, 0.15) is 27.7 Å². The normalized spacial score (nSPS) is 18.2. The first-order valence-electron chi connectivity index (χ1n) is 6.29. The third kappa shape index (κ3) is 5.24. The number of amides is 1. The van der Waals surface area contributed by atoms with Gasteiger partial charge in [-0.05, 0) is 27.7 Å². The summed E-state index contributed by atoms with van der Waals surface area (Å²) in [5.41, 5.74) is -0.251. The summed E-state index contributed by atoms with van der Waals surface area (Å²) in [6.45, 7) is 11.1. The second kappa shape index (κ2) is 6.78. The molecule has 0 saturated heterocycles. The Bertz CT molecular complexity index is 440. The van der Waals surface area contributed by atoms with E-state index in [0.29, 0.717) is 23.1 Å². The highest BCUT2D eigenvalue weighted by Gasteiger charge is 2.28. The lowest BCUT2D eigenvalue weighted by Gasteiger charge is -2.20. The van der Waals surface area contributed by atoms with Crippen LogP contribution in [0.15, 0.2) is 17.3 Å². The topological polar surface area (TPSA) is 77.0 Å². The van der Waals surface area contributed by atoms with E-state index in [9.17, 15) is 9.59 Å². The lowest BCUT2D eigenvalue weighted by Crippen LogP contribution is -2.33. The van der Waals surface area contributed by atoms with E-state index in [0.717, 1.165) is 0 Å². The molecule has 0 spiro atoms. The van der Waals surface area contributed by atoms with E-state index >= 15 is 0 Å². The molecule has 20 heavy (non-hydrogen) atoms. The summed E-state index contributed by atoms with van der Waals surface area (Å²) in [6.07, 6.45) is -0.592. The molecule has 0 radical (unpaired) electrons. The van der Waals surface area contributed by atoms with Gasteiger partial charge in [0, 0.05) is 5.75 Å². The molecule has 0 saturated carbocycles. The van der Waals surface area contributed by atoms with Gasteiger partial charge >= 0.3 is 12.1 Å². The van der Waals surface area contributed by atoms with Crippen LogP contribution in [0.25, 0.3) is 0 Å². The Balaban J connectivity index is 2.55. The zero-order chi connectivity index (χ0) is 15.3. The summed E-state index contributed by atoms with van der Waals surface area (Å²) in [4.78, 5) is 27.3. The highest BCUT2D eigenvalue weighted by molar-refractivity contribution is 8.14. The molecule has 1 aliphatic heterocycles. The van der Waals surface area contributed by atoms with Crippen LogP contribution in [-0.4, -0.2) is 41.1 Å². The SMILES string of the molecule is C=C(NC(=O)OC(C)(C)C)C1=NC(C(=O)OCC)CS1. The largest absolute Gasteiger partial charge is 0.464 e. The molecule has 0 fully saturated rings. The Kier molecular flexibility index (Phi) is 5.62. The van der Waals surface area contributed by atoms with E-state index in [1.165, 1.54) is 11.8 Å². The first kappa shape index (κ1) is 16.6. The Morgan fingerprint density at radius 1 is 1.50 bits per heavy atom. The van der Waals surface area contributed by atoms with E-state index in [4.69, 9.17) is 9.47 Å². The van der Waals surface area contributed by atoms with Gasteiger partial charge in [0.25, 0.3) is 0 Å². The standard InChI is InChI=1S/C13H20N2O4S/c1-6-18-11(16)9-7-20-10(15-9)8(2)14-12(17)19-13(3,4)5/h9H,2,6-7H2,1,3-5H3,(H,14,17). The van der Waals surface area contributed by atoms with Gasteiger partial charge < -0.3 is 9.47 Å². The highest BCUT2D eigenvalue weighted by Crippen LogP contribution is 2.22. The fourth-order valence-corrected chi connectivity index (χ4v) is 2.33. The van der Waals surface area contributed by atoms with Crippen molar-refractivity contribution in [2.45, 2.75) is 39.3 Å². The summed E-state index contributed by atoms with van der Waals surface area (Å²) in [7, 11) is 0. The fraction of sp³-hybridized carbons (Fsp3) is 0.615. The maximum atomic E-state index is 11.6. The van der Waals surface area contributed by atoms with E-state index in [1.807, 2.05) is 0 Å². The van der Waals surface area contributed by atoms with Crippen molar-refractivity contribution in [3.8, 4) is 0 Å². The van der Waals surface area contributed by atoms with Crippen LogP contribution in [-0.2, 0) is 14.3 Å². The van der Waals surface area contributed by atoms with Crippen molar-refractivity contribution in [1.29, 1.82) is 0 Å². The van der Waals surface area contributed by atoms with Gasteiger partial charge in [-0.15, -0.1) is 11.8 Å². The van der Waals surface area contributed by atoms with Crippen LogP contribution in [0.5, 0.6) is 0 Å². The highest BCUT2D eigenvalue weighted by atomic mass is 32.2. The number of alkyl carbamates (subject to hydrolysis) is 1. The number of aliphatic imine (C=N–C) groups is 1. The predicted octanol–water partition coefficient (Wildman–Crippen LogP) is 2.10. The molecule has 0 aliphatic carbocycles. The van der Waals surface area contributed by atoms with Gasteiger partial charge in [0.15, 0.2) is 6.04 Å². The molecule has 1 rings (SSSR count). The maximum Gasteiger partial charge on any atom is 0.412 e. The summed E-state index contributed by atoms with van der Waals surface area (Å²) in [5.74, 6) is 0.128. The molecule has 0 aromatic carbocycles. The molecule has 112 valence electrons. The zero-order valence-corrected chi connectivity index (χ0v) is 13.0. The third-order valence-electron chi connectivity index (χ3n) is 2.12. The molecular weight excluding hydrogens is 280 g/mol. The van der Waals surface area contributed by atoms with Crippen molar-refractivity contribution in [2.24, 2.45) is 4.99 Å². The molecule has 7 heteroatoms. The van der Waals surface area contributed by atoms with Gasteiger partial charge in [-0.25, -0.2) is 9.59 Å². The number of ether oxygens (including phenoxy) is 2. The van der Waals surface area contributed by atoms with E-state index in [-0.39, 0.29) is 5.97 Å². The van der Waals surface area contributed by atoms with Gasteiger partial charge in [-0.1, -0.05) is 6.58 Å². The molecule has 0 aromatic heterocycles. The van der Waals surface area contributed by atoms with Crippen molar-refractivity contribution in [1.82, 2.24) is 5.32 Å². The molecule has 1 N–H and O–H groups in total. The average molecular weight is 300 g/mol. The molecule has 0 aromatic rings. The van der Waals surface area contributed by atoms with Gasteiger partial charge in [0.1, 0.15) is 10.6 Å². The number of nitrogens with one attached hydrogen (secondary N) is 1. The summed E-state index contributed by atoms with van der Waals surface area (Å²) < 4.78 is 10.0. The van der Waals surface area contributed by atoms with Crippen molar-refractivity contribution in [3.63, 3.8) is 0 Å². The first-order valence-corrected chi connectivity index (χ1v) is 7.28. The number of carbonyl (C=O) groups is 2. The van der Waals surface area contributed by atoms with Crippen LogP contribution in [0.3, 0.4) is 0 Å². The molecule has 6 nitrogen and oxygen atoms in total. The number of rotatable bonds is 4. The third-order valence-corrected chi connectivity index (χ3v) is 3.23. The number of carbonyl (C=O) groups excluding carboxylic acids is 2. The first-order chi connectivity index (χ1) is 9.23. The number of esters is 1. The number of hydrogen-bond acceptors (Lipinski definition) is 6. The molecule has 1 atom stereocenters. The van der Waals surface area contributed by atoms with Crippen molar-refractivity contribution in [2.75, 3.05) is 12.4 Å². The summed E-state index contributed by atoms with van der Waals surface area (Å²) in [5, 5.41) is 3.03.